The van der Waals surface area contributed by atoms with Gasteiger partial charge in [0.15, 0.2) is 0 Å². The van der Waals surface area contributed by atoms with Crippen molar-refractivity contribution in [3.8, 4) is 0 Å². The van der Waals surface area contributed by atoms with Gasteiger partial charge < -0.3 is 21.9 Å². The van der Waals surface area contributed by atoms with E-state index in [1.54, 1.807) is 0 Å². The minimum Gasteiger partial charge on any atom is -0.396 e. The molecule has 38 heavy (non-hydrogen) atoms. The Balaban J connectivity index is 1.26. The molecule has 0 radical (unpaired) electrons. The van der Waals surface area contributed by atoms with E-state index in [4.69, 9.17) is 21.9 Å². The molecule has 6 N–H and O–H groups in total. The van der Waals surface area contributed by atoms with Crippen LogP contribution < -0.4 is 17.2 Å². The van der Waals surface area contributed by atoms with Crippen LogP contribution >= 0.6 is 0 Å². The van der Waals surface area contributed by atoms with Crippen LogP contribution in [0.1, 0.15) is 74.0 Å². The number of hydrogen-bond acceptors (Lipinski definition) is 6. The quantitative estimate of drug-likeness (QED) is 0.351. The van der Waals surface area contributed by atoms with Gasteiger partial charge in [-0.05, 0) is 86.1 Å². The van der Waals surface area contributed by atoms with Crippen molar-refractivity contribution in [2.75, 3.05) is 36.9 Å². The van der Waals surface area contributed by atoms with Gasteiger partial charge in [0, 0.05) is 24.6 Å². The van der Waals surface area contributed by atoms with Crippen molar-refractivity contribution in [1.29, 1.82) is 0 Å². The summed E-state index contributed by atoms with van der Waals surface area (Å²) in [5.74, 6) is 0.833. The maximum Gasteiger partial charge on any atom is 0.149 e. The van der Waals surface area contributed by atoms with Crippen molar-refractivity contribution in [3.05, 3.63) is 83.4 Å². The molecule has 3 aromatic rings. The van der Waals surface area contributed by atoms with E-state index in [2.05, 4.69) is 70.5 Å². The Kier molecular flexibility index (Phi) is 6.79. The molecule has 0 amide bonds. The van der Waals surface area contributed by atoms with Crippen molar-refractivity contribution < 1.29 is 4.74 Å². The third-order valence-corrected chi connectivity index (χ3v) is 9.89. The summed E-state index contributed by atoms with van der Waals surface area (Å²) in [6.45, 7) is 2.89. The highest BCUT2D eigenvalue weighted by atomic mass is 16.5. The fourth-order valence-electron chi connectivity index (χ4n) is 7.44. The molecule has 4 fully saturated rings. The van der Waals surface area contributed by atoms with Crippen LogP contribution in [0.3, 0.4) is 0 Å². The molecule has 0 spiro atoms. The zero-order chi connectivity index (χ0) is 26.2. The summed E-state index contributed by atoms with van der Waals surface area (Å²) in [7, 11) is 0. The van der Waals surface area contributed by atoms with Crippen molar-refractivity contribution in [3.63, 3.8) is 0 Å². The highest BCUT2D eigenvalue weighted by molar-refractivity contribution is 5.68. The molecule has 6 nitrogen and oxygen atoms in total. The Morgan fingerprint density at radius 2 is 1.53 bits per heavy atom. The molecule has 4 aliphatic rings. The first-order chi connectivity index (χ1) is 18.5. The largest absolute Gasteiger partial charge is 0.396 e. The van der Waals surface area contributed by atoms with Crippen LogP contribution in [0, 0.1) is 0 Å². The fraction of sp³-hybridized carbons (Fsp3) is 0.469. The number of fused-ring (bicyclic) bond motifs is 3. The smallest absolute Gasteiger partial charge is 0.149 e. The maximum atomic E-state index is 6.50. The molecule has 1 aromatic heterocycles. The minimum absolute atomic E-state index is 0.0978. The number of aromatic nitrogens is 1. The summed E-state index contributed by atoms with van der Waals surface area (Å²) in [4.78, 5) is 7.00. The zero-order valence-electron chi connectivity index (χ0n) is 22.3. The lowest BCUT2D eigenvalue weighted by atomic mass is 9.54. The van der Waals surface area contributed by atoms with Crippen LogP contribution in [0.2, 0.25) is 0 Å². The van der Waals surface area contributed by atoms with Gasteiger partial charge in [-0.2, -0.15) is 0 Å². The van der Waals surface area contributed by atoms with E-state index >= 15 is 0 Å². The average Bonchev–Trinajstić information content (AvgIpc) is 2.94. The van der Waals surface area contributed by atoms with E-state index in [0.717, 1.165) is 38.1 Å². The van der Waals surface area contributed by atoms with E-state index in [1.807, 2.05) is 6.07 Å². The molecule has 2 aromatic carbocycles. The number of anilines is 3. The van der Waals surface area contributed by atoms with Gasteiger partial charge in [0.05, 0.1) is 11.8 Å². The Hall–Kier alpha value is -3.09. The second kappa shape index (κ2) is 10.2. The monoisotopic (exact) mass is 511 g/mol. The fourth-order valence-corrected chi connectivity index (χ4v) is 7.44. The lowest BCUT2D eigenvalue weighted by molar-refractivity contribution is -0.103. The third-order valence-electron chi connectivity index (χ3n) is 9.89. The highest BCUT2D eigenvalue weighted by Crippen LogP contribution is 2.56. The van der Waals surface area contributed by atoms with Gasteiger partial charge in [-0.25, -0.2) is 4.98 Å². The number of benzene rings is 2. The highest BCUT2D eigenvalue weighted by Gasteiger charge is 2.52. The van der Waals surface area contributed by atoms with E-state index in [-0.39, 0.29) is 11.5 Å². The van der Waals surface area contributed by atoms with Gasteiger partial charge in [0.25, 0.3) is 0 Å². The SMILES string of the molecule is Nc1cc(C(CCN(CC2CCO2)C23CCC(c4ccccc4)(CC2)CC3)c2ccccc2)c(N)c(N)n1. The van der Waals surface area contributed by atoms with Crippen LogP contribution in [-0.4, -0.2) is 41.2 Å². The number of rotatable bonds is 9. The summed E-state index contributed by atoms with van der Waals surface area (Å²) < 4.78 is 5.97. The molecule has 200 valence electrons. The summed E-state index contributed by atoms with van der Waals surface area (Å²) in [5.41, 5.74) is 23.7. The van der Waals surface area contributed by atoms with Gasteiger partial charge in [-0.1, -0.05) is 60.7 Å². The molecule has 2 heterocycles. The van der Waals surface area contributed by atoms with Crippen molar-refractivity contribution in [2.45, 2.75) is 74.3 Å². The lowest BCUT2D eigenvalue weighted by Gasteiger charge is -2.59. The predicted octanol–water partition coefficient (Wildman–Crippen LogP) is 5.49. The Labute approximate surface area is 226 Å². The van der Waals surface area contributed by atoms with E-state index in [1.165, 1.54) is 49.7 Å². The average molecular weight is 512 g/mol. The third kappa shape index (κ3) is 4.65. The van der Waals surface area contributed by atoms with Crippen molar-refractivity contribution >= 4 is 17.3 Å². The first-order valence-electron chi connectivity index (χ1n) is 14.3. The number of hydrogen-bond donors (Lipinski definition) is 3. The standard InChI is InChI=1S/C32H41N5O/c33-28-21-27(29(34)30(35)36-28)26(23-7-3-1-4-8-23)11-19-37(22-25-12-20-38-25)32-16-13-31(14-17-32,15-18-32)24-9-5-2-6-10-24/h1-10,21,25-26H,11-20,22,34H2,(H4,33,35,36). The van der Waals surface area contributed by atoms with Gasteiger partial charge in [-0.3, -0.25) is 4.90 Å². The van der Waals surface area contributed by atoms with Crippen molar-refractivity contribution in [1.82, 2.24) is 9.88 Å². The van der Waals surface area contributed by atoms with Crippen LogP contribution in [0.4, 0.5) is 17.3 Å². The second-order valence-electron chi connectivity index (χ2n) is 11.8. The van der Waals surface area contributed by atoms with E-state index in [9.17, 15) is 0 Å². The number of nitrogens with zero attached hydrogens (tertiary/aromatic N) is 2. The van der Waals surface area contributed by atoms with Gasteiger partial charge in [-0.15, -0.1) is 0 Å². The van der Waals surface area contributed by atoms with Crippen LogP contribution in [-0.2, 0) is 10.2 Å². The number of pyridine rings is 1. The van der Waals surface area contributed by atoms with E-state index < -0.39 is 0 Å². The Bertz CT molecular complexity index is 1220. The van der Waals surface area contributed by atoms with Gasteiger partial charge >= 0.3 is 0 Å². The molecule has 7 rings (SSSR count). The molecular weight excluding hydrogens is 470 g/mol. The molecule has 3 aliphatic carbocycles. The lowest BCUT2D eigenvalue weighted by Crippen LogP contribution is -2.60. The molecule has 3 saturated carbocycles. The molecule has 2 bridgehead atoms. The molecule has 6 heteroatoms. The zero-order valence-corrected chi connectivity index (χ0v) is 22.3. The van der Waals surface area contributed by atoms with Gasteiger partial charge in [0.1, 0.15) is 11.6 Å². The molecule has 1 aliphatic heterocycles. The molecule has 2 atom stereocenters. The van der Waals surface area contributed by atoms with Crippen molar-refractivity contribution in [2.24, 2.45) is 0 Å². The normalized spacial score (nSPS) is 27.2. The molecule has 2 unspecified atom stereocenters. The molecular formula is C32H41N5O. The maximum absolute atomic E-state index is 6.50. The number of nitrogens with two attached hydrogens (primary N) is 3. The number of nitrogen functional groups attached to an aromatic ring is 3. The first kappa shape index (κ1) is 25.2. The topological polar surface area (TPSA) is 103 Å². The summed E-state index contributed by atoms with van der Waals surface area (Å²) >= 11 is 0. The Morgan fingerprint density at radius 1 is 0.895 bits per heavy atom. The van der Waals surface area contributed by atoms with Crippen LogP contribution in [0.25, 0.3) is 0 Å². The summed E-state index contributed by atoms with van der Waals surface area (Å²) in [6, 6.07) is 23.8. The number of ether oxygens (including phenoxy) is 1. The van der Waals surface area contributed by atoms with E-state index in [0.29, 0.717) is 28.8 Å². The first-order valence-corrected chi connectivity index (χ1v) is 14.3. The predicted molar refractivity (Wildman–Crippen MR) is 155 cm³/mol. The molecule has 1 saturated heterocycles. The second-order valence-corrected chi connectivity index (χ2v) is 11.8. The van der Waals surface area contributed by atoms with Crippen LogP contribution in [0.5, 0.6) is 0 Å². The summed E-state index contributed by atoms with van der Waals surface area (Å²) in [5, 5.41) is 0. The van der Waals surface area contributed by atoms with Gasteiger partial charge in [0.2, 0.25) is 0 Å². The van der Waals surface area contributed by atoms with Crippen LogP contribution in [0.15, 0.2) is 66.7 Å². The minimum atomic E-state index is 0.0978. The Morgan fingerprint density at radius 3 is 2.13 bits per heavy atom. The summed E-state index contributed by atoms with van der Waals surface area (Å²) in [6.07, 6.45) is 10.0.